The van der Waals surface area contributed by atoms with Crippen molar-refractivity contribution in [2.45, 2.75) is 50.9 Å². The second-order valence-corrected chi connectivity index (χ2v) is 16.4. The molecule has 262 valence electrons. The Kier molecular flexibility index (Phi) is 6.86. The first-order valence-electron chi connectivity index (χ1n) is 18.9. The first-order chi connectivity index (χ1) is 26.1. The molecule has 3 heteroatoms. The minimum atomic E-state index is -0.625. The van der Waals surface area contributed by atoms with Crippen molar-refractivity contribution in [3.8, 4) is 11.1 Å². The largest absolute Gasteiger partial charge is 0.456 e. The number of para-hydroxylation sites is 2. The number of nitrogens with zero attached hydrogens (tertiary/aromatic N) is 1. The second-order valence-electron chi connectivity index (χ2n) is 16.4. The van der Waals surface area contributed by atoms with Gasteiger partial charge in [-0.2, -0.15) is 0 Å². The van der Waals surface area contributed by atoms with Gasteiger partial charge in [-0.25, -0.2) is 0 Å². The zero-order chi connectivity index (χ0) is 37.0. The van der Waals surface area contributed by atoms with Crippen LogP contribution in [-0.2, 0) is 16.2 Å². The number of benzene rings is 7. The highest BCUT2D eigenvalue weighted by Gasteiger charge is 2.50. The first-order valence-corrected chi connectivity index (χ1v) is 18.9. The van der Waals surface area contributed by atoms with E-state index in [4.69, 9.17) is 4.42 Å². The number of hydrogen-bond acceptors (Lipinski definition) is 3. The molecule has 1 aromatic heterocycles. The molecule has 0 radical (unpaired) electrons. The van der Waals surface area contributed by atoms with E-state index in [1.54, 1.807) is 0 Å². The summed E-state index contributed by atoms with van der Waals surface area (Å²) in [6.07, 6.45) is 0. The number of rotatable bonds is 3. The minimum absolute atomic E-state index is 0.0151. The van der Waals surface area contributed by atoms with Crippen LogP contribution in [0.5, 0.6) is 0 Å². The maximum Gasteiger partial charge on any atom is 0.200 e. The maximum absolute atomic E-state index is 14.5. The molecular weight excluding hydrogens is 659 g/mol. The fourth-order valence-corrected chi connectivity index (χ4v) is 9.66. The number of anilines is 3. The second kappa shape index (κ2) is 11.4. The molecule has 0 saturated heterocycles. The Morgan fingerprint density at radius 3 is 1.93 bits per heavy atom. The van der Waals surface area contributed by atoms with Crippen LogP contribution in [0.1, 0.15) is 73.6 Å². The summed E-state index contributed by atoms with van der Waals surface area (Å²) in [4.78, 5) is 17.0. The number of hydrogen-bond donors (Lipinski definition) is 0. The summed E-state index contributed by atoms with van der Waals surface area (Å²) in [6.45, 7) is 11.2. The third-order valence-electron chi connectivity index (χ3n) is 12.0. The summed E-state index contributed by atoms with van der Waals surface area (Å²) in [5.41, 5.74) is 14.2. The topological polar surface area (TPSA) is 33.5 Å². The highest BCUT2D eigenvalue weighted by atomic mass is 16.3. The smallest absolute Gasteiger partial charge is 0.200 e. The molecule has 0 N–H and O–H groups in total. The average Bonchev–Trinajstić information content (AvgIpc) is 3.43. The summed E-state index contributed by atoms with van der Waals surface area (Å²) >= 11 is 0. The van der Waals surface area contributed by atoms with Gasteiger partial charge in [-0.3, -0.25) is 4.79 Å². The van der Waals surface area contributed by atoms with Gasteiger partial charge in [-0.1, -0.05) is 162 Å². The molecule has 0 spiro atoms. The molecule has 0 atom stereocenters. The van der Waals surface area contributed by atoms with Crippen molar-refractivity contribution in [2.24, 2.45) is 0 Å². The predicted octanol–water partition coefficient (Wildman–Crippen LogP) is 12.7. The lowest BCUT2D eigenvalue weighted by Crippen LogP contribution is -2.39. The van der Waals surface area contributed by atoms with Gasteiger partial charge in [0.15, 0.2) is 0 Å². The van der Waals surface area contributed by atoms with E-state index < -0.39 is 5.41 Å². The molecule has 10 rings (SSSR count). The molecule has 7 aromatic carbocycles. The lowest BCUT2D eigenvalue weighted by molar-refractivity contribution is 0.570. The van der Waals surface area contributed by atoms with Crippen LogP contribution in [0.25, 0.3) is 33.1 Å². The molecule has 1 aliphatic heterocycles. The van der Waals surface area contributed by atoms with Gasteiger partial charge in [0, 0.05) is 16.7 Å². The monoisotopic (exact) mass is 699 g/mol. The van der Waals surface area contributed by atoms with Crippen molar-refractivity contribution < 1.29 is 4.42 Å². The minimum Gasteiger partial charge on any atom is -0.456 e. The maximum atomic E-state index is 14.5. The van der Waals surface area contributed by atoms with E-state index in [2.05, 4.69) is 179 Å². The summed E-state index contributed by atoms with van der Waals surface area (Å²) in [5.74, 6) is 0. The quantitative estimate of drug-likeness (QED) is 0.172. The van der Waals surface area contributed by atoms with E-state index in [1.807, 2.05) is 18.2 Å². The van der Waals surface area contributed by atoms with Crippen LogP contribution in [0, 0.1) is 0 Å². The fourth-order valence-electron chi connectivity index (χ4n) is 9.66. The molecule has 0 amide bonds. The number of fused-ring (bicyclic) bond motifs is 8. The van der Waals surface area contributed by atoms with Gasteiger partial charge in [0.05, 0.1) is 27.6 Å². The average molecular weight is 700 g/mol. The van der Waals surface area contributed by atoms with Crippen LogP contribution in [0.3, 0.4) is 0 Å². The molecule has 8 aromatic rings. The first kappa shape index (κ1) is 32.5. The summed E-state index contributed by atoms with van der Waals surface area (Å²) in [6, 6.07) is 56.4. The van der Waals surface area contributed by atoms with Crippen LogP contribution in [0.2, 0.25) is 0 Å². The zero-order valence-corrected chi connectivity index (χ0v) is 31.3. The highest BCUT2D eigenvalue weighted by molar-refractivity contribution is 6.00. The fraction of sp³-hybridized carbons (Fsp3) is 0.157. The Morgan fingerprint density at radius 1 is 0.574 bits per heavy atom. The van der Waals surface area contributed by atoms with Gasteiger partial charge >= 0.3 is 0 Å². The van der Waals surface area contributed by atoms with Crippen LogP contribution >= 0.6 is 0 Å². The van der Waals surface area contributed by atoms with Crippen molar-refractivity contribution in [3.05, 3.63) is 207 Å². The Balaban J connectivity index is 1.35. The van der Waals surface area contributed by atoms with Crippen LogP contribution in [0.15, 0.2) is 167 Å². The van der Waals surface area contributed by atoms with E-state index in [-0.39, 0.29) is 16.3 Å². The summed E-state index contributed by atoms with van der Waals surface area (Å²) < 4.78 is 6.65. The van der Waals surface area contributed by atoms with Crippen LogP contribution in [0.4, 0.5) is 17.1 Å². The van der Waals surface area contributed by atoms with Gasteiger partial charge in [-0.15, -0.1) is 0 Å². The molecule has 3 nitrogen and oxygen atoms in total. The SMILES string of the molecule is CC(C)(C)c1cccc2c(=O)c3cc(N4c5ccccc5C(c5ccccc5)(c5ccccc5)c5ccc6c(c54)C(C)(C)c4ccccc4-6)ccc3oc12. The molecule has 2 heterocycles. The zero-order valence-electron chi connectivity index (χ0n) is 31.3. The molecule has 1 aliphatic carbocycles. The Bertz CT molecular complexity index is 2820. The Labute approximate surface area is 316 Å². The van der Waals surface area contributed by atoms with Crippen molar-refractivity contribution in [3.63, 3.8) is 0 Å². The molecule has 54 heavy (non-hydrogen) atoms. The predicted molar refractivity (Wildman–Crippen MR) is 223 cm³/mol. The van der Waals surface area contributed by atoms with E-state index in [9.17, 15) is 4.79 Å². The van der Waals surface area contributed by atoms with Crippen molar-refractivity contribution in [2.75, 3.05) is 4.90 Å². The van der Waals surface area contributed by atoms with E-state index in [0.29, 0.717) is 21.9 Å². The summed E-state index contributed by atoms with van der Waals surface area (Å²) in [5, 5.41) is 1.18. The molecule has 0 unspecified atom stereocenters. The Hall–Kier alpha value is -6.19. The summed E-state index contributed by atoms with van der Waals surface area (Å²) in [7, 11) is 0. The van der Waals surface area contributed by atoms with E-state index >= 15 is 0 Å². The van der Waals surface area contributed by atoms with Gasteiger partial charge in [0.2, 0.25) is 5.43 Å². The lowest BCUT2D eigenvalue weighted by atomic mass is 9.61. The van der Waals surface area contributed by atoms with Crippen LogP contribution < -0.4 is 10.3 Å². The van der Waals surface area contributed by atoms with Crippen LogP contribution in [-0.4, -0.2) is 0 Å². The third-order valence-corrected chi connectivity index (χ3v) is 12.0. The molecule has 0 fully saturated rings. The van der Waals surface area contributed by atoms with Gasteiger partial charge in [0.25, 0.3) is 0 Å². The standard InChI is InChI=1S/C51H41NO2/c1-49(2,3)42-25-16-22-37-47(53)38-31-34(27-30-44(38)54-48(37)42)52-43-26-15-14-24-40(43)51(32-17-8-6-9-18-32,33-19-10-7-11-20-33)41-29-28-36-35-21-12-13-23-39(35)50(4,5)45(36)46(41)52/h6-31H,1-5H3. The normalized spacial score (nSPS) is 15.1. The Morgan fingerprint density at radius 2 is 1.22 bits per heavy atom. The lowest BCUT2D eigenvalue weighted by Gasteiger charge is -2.48. The molecule has 2 aliphatic rings. The van der Waals surface area contributed by atoms with E-state index in [0.717, 1.165) is 22.6 Å². The third kappa shape index (κ3) is 4.33. The van der Waals surface area contributed by atoms with E-state index in [1.165, 1.54) is 44.5 Å². The van der Waals surface area contributed by atoms with Crippen molar-refractivity contribution in [1.29, 1.82) is 0 Å². The van der Waals surface area contributed by atoms with Gasteiger partial charge in [-0.05, 0) is 80.3 Å². The van der Waals surface area contributed by atoms with Crippen molar-refractivity contribution >= 4 is 39.0 Å². The van der Waals surface area contributed by atoms with Crippen molar-refractivity contribution in [1.82, 2.24) is 0 Å². The van der Waals surface area contributed by atoms with Gasteiger partial charge in [0.1, 0.15) is 11.2 Å². The van der Waals surface area contributed by atoms with Gasteiger partial charge < -0.3 is 9.32 Å². The molecular formula is C51H41NO2. The highest BCUT2D eigenvalue weighted by Crippen LogP contribution is 2.63. The molecule has 0 bridgehead atoms. The molecule has 0 saturated carbocycles.